The molecule has 212 valence electrons. The highest BCUT2D eigenvalue weighted by Gasteiger charge is 2.31. The molecule has 0 saturated carbocycles. The first-order valence-corrected chi connectivity index (χ1v) is 15.4. The molecule has 0 unspecified atom stereocenters. The second kappa shape index (κ2) is 12.7. The summed E-state index contributed by atoms with van der Waals surface area (Å²) in [4.78, 5) is 6.59. The molecule has 9 heteroatoms. The number of hydrogen-bond acceptors (Lipinski definition) is 7. The molecule has 2 aliphatic heterocycles. The second-order valence-electron chi connectivity index (χ2n) is 10.3. The molecule has 0 aromatic heterocycles. The molecule has 0 aliphatic carbocycles. The Hall–Kier alpha value is -3.56. The molecule has 8 nitrogen and oxygen atoms in total. The van der Waals surface area contributed by atoms with Gasteiger partial charge in [0, 0.05) is 26.7 Å². The van der Waals surface area contributed by atoms with Crippen molar-refractivity contribution in [2.45, 2.75) is 43.7 Å². The van der Waals surface area contributed by atoms with Crippen LogP contribution in [0.4, 0.5) is 5.69 Å². The minimum atomic E-state index is -3.81. The highest BCUT2D eigenvalue weighted by atomic mass is 32.2. The van der Waals surface area contributed by atoms with Crippen molar-refractivity contribution in [3.8, 4) is 11.5 Å². The number of fused-ring (bicyclic) bond motifs is 1. The van der Waals surface area contributed by atoms with Crippen molar-refractivity contribution in [3.63, 3.8) is 0 Å². The summed E-state index contributed by atoms with van der Waals surface area (Å²) in [5.41, 5.74) is 2.91. The summed E-state index contributed by atoms with van der Waals surface area (Å²) in [6, 6.07) is 23.1. The molecule has 1 fully saturated rings. The summed E-state index contributed by atoms with van der Waals surface area (Å²) in [6.45, 7) is 4.85. The molecule has 0 radical (unpaired) electrons. The fourth-order valence-corrected chi connectivity index (χ4v) is 6.57. The molecule has 2 aliphatic rings. The van der Waals surface area contributed by atoms with Gasteiger partial charge in [0.15, 0.2) is 0 Å². The van der Waals surface area contributed by atoms with E-state index in [2.05, 4.69) is 27.5 Å². The number of methoxy groups -OCH3 is 1. The number of likely N-dealkylation sites (tertiary alicyclic amines) is 1. The summed E-state index contributed by atoms with van der Waals surface area (Å²) in [5.74, 6) is 2.03. The number of hydrogen-bond donors (Lipinski definition) is 0. The van der Waals surface area contributed by atoms with Gasteiger partial charge in [-0.05, 0) is 79.9 Å². The minimum absolute atomic E-state index is 0.221. The quantitative estimate of drug-likeness (QED) is 0.317. The second-order valence-corrected chi connectivity index (χ2v) is 11.9. The van der Waals surface area contributed by atoms with E-state index in [9.17, 15) is 8.42 Å². The van der Waals surface area contributed by atoms with Crippen molar-refractivity contribution in [1.29, 1.82) is 0 Å². The van der Waals surface area contributed by atoms with Gasteiger partial charge in [-0.1, -0.05) is 42.8 Å². The Morgan fingerprint density at radius 1 is 0.900 bits per heavy atom. The van der Waals surface area contributed by atoms with E-state index in [1.807, 2.05) is 59.3 Å². The zero-order valence-corrected chi connectivity index (χ0v) is 24.1. The van der Waals surface area contributed by atoms with Crippen LogP contribution in [0.3, 0.4) is 0 Å². The third-order valence-corrected chi connectivity index (χ3v) is 8.72. The SMILES string of the molecule is COc1ccc(CN(CCCOc2cccc(CN3CCCCC3)c2)C2=NS(=O)(=O)c3ccccc3N2C)cc1. The van der Waals surface area contributed by atoms with E-state index in [1.54, 1.807) is 19.2 Å². The van der Waals surface area contributed by atoms with Crippen molar-refractivity contribution in [2.24, 2.45) is 4.40 Å². The van der Waals surface area contributed by atoms with Crippen LogP contribution in [0.2, 0.25) is 0 Å². The van der Waals surface area contributed by atoms with Gasteiger partial charge < -0.3 is 19.3 Å². The molecular weight excluding hydrogens is 524 g/mol. The third kappa shape index (κ3) is 6.77. The number of guanidine groups is 1. The van der Waals surface area contributed by atoms with Crippen molar-refractivity contribution in [1.82, 2.24) is 9.80 Å². The number of rotatable bonds is 10. The molecule has 0 bridgehead atoms. The molecule has 0 amide bonds. The van der Waals surface area contributed by atoms with Gasteiger partial charge in [-0.2, -0.15) is 8.42 Å². The van der Waals surface area contributed by atoms with Gasteiger partial charge in [-0.15, -0.1) is 4.40 Å². The van der Waals surface area contributed by atoms with Gasteiger partial charge in [-0.3, -0.25) is 4.90 Å². The topological polar surface area (TPSA) is 74.7 Å². The fraction of sp³-hybridized carbons (Fsp3) is 0.387. The van der Waals surface area contributed by atoms with Crippen LogP contribution in [-0.2, 0) is 23.1 Å². The first-order valence-electron chi connectivity index (χ1n) is 13.9. The zero-order valence-electron chi connectivity index (χ0n) is 23.3. The lowest BCUT2D eigenvalue weighted by Gasteiger charge is -2.35. The maximum Gasteiger partial charge on any atom is 0.287 e. The Bertz CT molecular complexity index is 1420. The molecule has 0 N–H and O–H groups in total. The maximum absolute atomic E-state index is 13.1. The Kier molecular flexibility index (Phi) is 8.91. The first kappa shape index (κ1) is 28.0. The zero-order chi connectivity index (χ0) is 28.0. The summed E-state index contributed by atoms with van der Waals surface area (Å²) in [5, 5.41) is 0. The Morgan fingerprint density at radius 2 is 1.68 bits per heavy atom. The van der Waals surface area contributed by atoms with Crippen molar-refractivity contribution < 1.29 is 17.9 Å². The van der Waals surface area contributed by atoms with E-state index in [1.165, 1.54) is 24.8 Å². The van der Waals surface area contributed by atoms with E-state index < -0.39 is 10.0 Å². The van der Waals surface area contributed by atoms with Crippen molar-refractivity contribution in [3.05, 3.63) is 83.9 Å². The van der Waals surface area contributed by atoms with Gasteiger partial charge >= 0.3 is 0 Å². The monoisotopic (exact) mass is 562 g/mol. The summed E-state index contributed by atoms with van der Waals surface area (Å²) in [7, 11) is -0.317. The van der Waals surface area contributed by atoms with Gasteiger partial charge in [0.1, 0.15) is 16.4 Å². The van der Waals surface area contributed by atoms with Gasteiger partial charge in [-0.25, -0.2) is 0 Å². The van der Waals surface area contributed by atoms with Crippen LogP contribution in [0.15, 0.2) is 82.1 Å². The van der Waals surface area contributed by atoms with Crippen LogP contribution in [-0.4, -0.2) is 64.6 Å². The lowest BCUT2D eigenvalue weighted by molar-refractivity contribution is 0.220. The molecule has 3 aromatic carbocycles. The maximum atomic E-state index is 13.1. The number of nitrogens with zero attached hydrogens (tertiary/aromatic N) is 4. The number of anilines is 1. The van der Waals surface area contributed by atoms with Gasteiger partial charge in [0.25, 0.3) is 10.0 Å². The van der Waals surface area contributed by atoms with E-state index in [0.29, 0.717) is 37.8 Å². The number of piperidine rings is 1. The molecule has 40 heavy (non-hydrogen) atoms. The minimum Gasteiger partial charge on any atom is -0.497 e. The molecule has 1 saturated heterocycles. The largest absolute Gasteiger partial charge is 0.497 e. The average Bonchev–Trinajstić information content (AvgIpc) is 2.98. The summed E-state index contributed by atoms with van der Waals surface area (Å²) >= 11 is 0. The van der Waals surface area contributed by atoms with E-state index in [4.69, 9.17) is 9.47 Å². The Labute approximate surface area is 237 Å². The highest BCUT2D eigenvalue weighted by Crippen LogP contribution is 2.31. The van der Waals surface area contributed by atoms with Gasteiger partial charge in [0.05, 0.1) is 19.4 Å². The molecule has 5 rings (SSSR count). The molecule has 0 atom stereocenters. The summed E-state index contributed by atoms with van der Waals surface area (Å²) in [6.07, 6.45) is 4.57. The van der Waals surface area contributed by atoms with Gasteiger partial charge in [0.2, 0.25) is 5.96 Å². The standard InChI is InChI=1S/C31H38N4O4S/c1-33-29-12-4-5-13-30(29)40(36,37)32-31(33)35(24-25-14-16-27(38-2)17-15-25)20-9-21-39-28-11-8-10-26(22-28)23-34-18-6-3-7-19-34/h4-5,8,10-17,22H,3,6-7,9,18-21,23-24H2,1-2H3. The number of ether oxygens (including phenoxy) is 2. The fourth-order valence-electron chi connectivity index (χ4n) is 5.30. The normalized spacial score (nSPS) is 16.6. The number of para-hydroxylation sites is 1. The molecule has 2 heterocycles. The van der Waals surface area contributed by atoms with E-state index >= 15 is 0 Å². The first-order chi connectivity index (χ1) is 19.4. The van der Waals surface area contributed by atoms with Crippen LogP contribution < -0.4 is 14.4 Å². The van der Waals surface area contributed by atoms with Crippen molar-refractivity contribution in [2.75, 3.05) is 45.3 Å². The number of sulfonamides is 1. The van der Waals surface area contributed by atoms with Crippen LogP contribution in [0.5, 0.6) is 11.5 Å². The van der Waals surface area contributed by atoms with Crippen LogP contribution in [0.1, 0.15) is 36.8 Å². The summed E-state index contributed by atoms with van der Waals surface area (Å²) < 4.78 is 41.8. The lowest BCUT2D eigenvalue weighted by atomic mass is 10.1. The Balaban J connectivity index is 1.28. The molecular formula is C31H38N4O4S. The predicted molar refractivity (Wildman–Crippen MR) is 159 cm³/mol. The van der Waals surface area contributed by atoms with Crippen LogP contribution in [0.25, 0.3) is 0 Å². The van der Waals surface area contributed by atoms with Crippen molar-refractivity contribution >= 4 is 21.7 Å². The molecule has 3 aromatic rings. The Morgan fingerprint density at radius 3 is 2.45 bits per heavy atom. The third-order valence-electron chi connectivity index (χ3n) is 7.42. The molecule has 0 spiro atoms. The van der Waals surface area contributed by atoms with E-state index in [0.717, 1.165) is 36.7 Å². The van der Waals surface area contributed by atoms with E-state index in [-0.39, 0.29) is 4.90 Å². The lowest BCUT2D eigenvalue weighted by Crippen LogP contribution is -2.45. The predicted octanol–water partition coefficient (Wildman–Crippen LogP) is 5.15. The van der Waals surface area contributed by atoms with Crippen LogP contribution >= 0.6 is 0 Å². The highest BCUT2D eigenvalue weighted by molar-refractivity contribution is 7.90. The smallest absolute Gasteiger partial charge is 0.287 e. The average molecular weight is 563 g/mol. The number of benzene rings is 3. The van der Waals surface area contributed by atoms with Crippen LogP contribution in [0, 0.1) is 0 Å².